The topological polar surface area (TPSA) is 63.1 Å². The smallest absolute Gasteiger partial charge is 0.239 e. The lowest BCUT2D eigenvalue weighted by Crippen LogP contribution is -2.34. The molecule has 0 saturated carbocycles. The first-order valence-corrected chi connectivity index (χ1v) is 10.9. The number of aryl methyl sites for hydroxylation is 2. The zero-order valence-electron chi connectivity index (χ0n) is 17.3. The molecule has 2 heterocycles. The second-order valence-electron chi connectivity index (χ2n) is 7.35. The van der Waals surface area contributed by atoms with E-state index in [2.05, 4.69) is 10.4 Å². The van der Waals surface area contributed by atoms with Crippen molar-refractivity contribution >= 4 is 44.3 Å². The van der Waals surface area contributed by atoms with E-state index in [1.54, 1.807) is 11.0 Å². The Balaban J connectivity index is 1.47. The Morgan fingerprint density at radius 1 is 1.23 bits per heavy atom. The number of anilines is 1. The second kappa shape index (κ2) is 8.64. The van der Waals surface area contributed by atoms with Gasteiger partial charge in [0.05, 0.1) is 22.6 Å². The van der Waals surface area contributed by atoms with Crippen LogP contribution in [0.2, 0.25) is 5.02 Å². The van der Waals surface area contributed by atoms with Crippen LogP contribution in [0, 0.1) is 19.7 Å². The third-order valence-corrected chi connectivity index (χ3v) is 6.47. The standard InChI is InChI=1S/C22H21ClFN5OS/c1-13-4-8-17(9-5-13)29-21-20(14(2)27-29)31-22(26-21)28(3)12-19(30)25-11-15-6-7-16(24)10-18(15)23/h4-10H,11-12H2,1-3H3,(H,25,30). The van der Waals surface area contributed by atoms with Gasteiger partial charge in [-0.1, -0.05) is 46.7 Å². The SMILES string of the molecule is Cc1ccc(-n2nc(C)c3sc(N(C)CC(=O)NCc4ccc(F)cc4Cl)nc32)cc1. The minimum absolute atomic E-state index is 0.131. The monoisotopic (exact) mass is 457 g/mol. The molecule has 2 aromatic carbocycles. The molecule has 6 nitrogen and oxygen atoms in total. The molecular weight excluding hydrogens is 437 g/mol. The van der Waals surface area contributed by atoms with E-state index >= 15 is 0 Å². The molecule has 31 heavy (non-hydrogen) atoms. The van der Waals surface area contributed by atoms with Gasteiger partial charge in [0.15, 0.2) is 10.8 Å². The Kier molecular flexibility index (Phi) is 5.93. The van der Waals surface area contributed by atoms with Gasteiger partial charge in [0.2, 0.25) is 5.91 Å². The van der Waals surface area contributed by atoms with E-state index in [-0.39, 0.29) is 24.0 Å². The van der Waals surface area contributed by atoms with E-state index in [4.69, 9.17) is 16.6 Å². The number of hydrogen-bond acceptors (Lipinski definition) is 5. The average Bonchev–Trinajstić information content (AvgIpc) is 3.29. The Bertz CT molecular complexity index is 1250. The van der Waals surface area contributed by atoms with E-state index in [9.17, 15) is 9.18 Å². The van der Waals surface area contributed by atoms with Gasteiger partial charge in [-0.3, -0.25) is 4.79 Å². The molecule has 1 amide bonds. The van der Waals surface area contributed by atoms with Crippen LogP contribution in [-0.2, 0) is 11.3 Å². The fraction of sp³-hybridized carbons (Fsp3) is 0.227. The summed E-state index contributed by atoms with van der Waals surface area (Å²) < 4.78 is 16.0. The third kappa shape index (κ3) is 4.55. The molecule has 0 spiro atoms. The number of hydrogen-bond donors (Lipinski definition) is 1. The summed E-state index contributed by atoms with van der Waals surface area (Å²) in [5.41, 5.74) is 4.44. The number of nitrogens with one attached hydrogen (secondary N) is 1. The van der Waals surface area contributed by atoms with E-state index in [0.29, 0.717) is 5.56 Å². The van der Waals surface area contributed by atoms with Crippen molar-refractivity contribution in [1.82, 2.24) is 20.1 Å². The molecule has 0 bridgehead atoms. The fourth-order valence-corrected chi connectivity index (χ4v) is 4.33. The van der Waals surface area contributed by atoms with Gasteiger partial charge in [-0.25, -0.2) is 9.07 Å². The summed E-state index contributed by atoms with van der Waals surface area (Å²) in [6.45, 7) is 4.35. The molecule has 4 aromatic rings. The maximum absolute atomic E-state index is 13.2. The van der Waals surface area contributed by atoms with Gasteiger partial charge >= 0.3 is 0 Å². The number of thiazole rings is 1. The fourth-order valence-electron chi connectivity index (χ4n) is 3.15. The second-order valence-corrected chi connectivity index (χ2v) is 8.74. The molecule has 9 heteroatoms. The summed E-state index contributed by atoms with van der Waals surface area (Å²) >= 11 is 7.52. The molecule has 0 unspecified atom stereocenters. The van der Waals surface area contributed by atoms with Crippen molar-refractivity contribution in [2.24, 2.45) is 0 Å². The number of likely N-dealkylation sites (N-methyl/N-ethyl adjacent to an activating group) is 1. The molecule has 0 radical (unpaired) electrons. The number of carbonyl (C=O) groups excluding carboxylic acids is 1. The van der Waals surface area contributed by atoms with Crippen LogP contribution in [0.5, 0.6) is 0 Å². The van der Waals surface area contributed by atoms with Crippen molar-refractivity contribution in [3.05, 3.63) is 70.1 Å². The summed E-state index contributed by atoms with van der Waals surface area (Å²) in [4.78, 5) is 18.9. The molecule has 0 atom stereocenters. The average molecular weight is 458 g/mol. The van der Waals surface area contributed by atoms with Gasteiger partial charge in [0, 0.05) is 18.6 Å². The van der Waals surface area contributed by atoms with Crippen LogP contribution in [0.25, 0.3) is 16.0 Å². The number of aromatic nitrogens is 3. The summed E-state index contributed by atoms with van der Waals surface area (Å²) in [7, 11) is 1.82. The predicted octanol–water partition coefficient (Wildman–Crippen LogP) is 4.64. The summed E-state index contributed by atoms with van der Waals surface area (Å²) in [5, 5.41) is 8.45. The Morgan fingerprint density at radius 3 is 2.68 bits per heavy atom. The normalized spacial score (nSPS) is 11.1. The van der Waals surface area contributed by atoms with Crippen LogP contribution in [0.1, 0.15) is 16.8 Å². The highest BCUT2D eigenvalue weighted by atomic mass is 35.5. The third-order valence-electron chi connectivity index (χ3n) is 4.85. The molecule has 0 fully saturated rings. The lowest BCUT2D eigenvalue weighted by atomic mass is 10.2. The molecule has 2 aromatic heterocycles. The predicted molar refractivity (Wildman–Crippen MR) is 123 cm³/mol. The van der Waals surface area contributed by atoms with Crippen molar-refractivity contribution in [2.45, 2.75) is 20.4 Å². The van der Waals surface area contributed by atoms with Gasteiger partial charge in [-0.15, -0.1) is 0 Å². The molecule has 0 aliphatic rings. The zero-order chi connectivity index (χ0) is 22.1. The van der Waals surface area contributed by atoms with Crippen molar-refractivity contribution in [2.75, 3.05) is 18.5 Å². The molecule has 0 aliphatic carbocycles. The van der Waals surface area contributed by atoms with Crippen molar-refractivity contribution in [3.63, 3.8) is 0 Å². The zero-order valence-corrected chi connectivity index (χ0v) is 18.9. The maximum Gasteiger partial charge on any atom is 0.239 e. The van der Waals surface area contributed by atoms with E-state index in [0.717, 1.165) is 26.9 Å². The summed E-state index contributed by atoms with van der Waals surface area (Å²) in [5.74, 6) is -0.589. The minimum Gasteiger partial charge on any atom is -0.350 e. The molecule has 4 rings (SSSR count). The molecule has 0 saturated heterocycles. The van der Waals surface area contributed by atoms with Crippen molar-refractivity contribution < 1.29 is 9.18 Å². The van der Waals surface area contributed by atoms with E-state index in [1.807, 2.05) is 49.8 Å². The first-order valence-electron chi connectivity index (χ1n) is 9.67. The number of benzene rings is 2. The highest BCUT2D eigenvalue weighted by molar-refractivity contribution is 7.22. The van der Waals surface area contributed by atoms with Crippen LogP contribution >= 0.6 is 22.9 Å². The number of rotatable bonds is 6. The van der Waals surface area contributed by atoms with E-state index in [1.165, 1.54) is 29.0 Å². The molecular formula is C22H21ClFN5OS. The number of nitrogens with zero attached hydrogens (tertiary/aromatic N) is 4. The minimum atomic E-state index is -0.407. The van der Waals surface area contributed by atoms with Gasteiger partial charge in [0.1, 0.15) is 5.82 Å². The number of halogens is 2. The highest BCUT2D eigenvalue weighted by Crippen LogP contribution is 2.32. The summed E-state index contributed by atoms with van der Waals surface area (Å²) in [6, 6.07) is 12.2. The molecule has 160 valence electrons. The Labute approximate surface area is 188 Å². The number of carbonyl (C=O) groups is 1. The lowest BCUT2D eigenvalue weighted by Gasteiger charge is -2.15. The summed E-state index contributed by atoms with van der Waals surface area (Å²) in [6.07, 6.45) is 0. The van der Waals surface area contributed by atoms with Gasteiger partial charge in [0.25, 0.3) is 0 Å². The van der Waals surface area contributed by atoms with Crippen LogP contribution in [-0.4, -0.2) is 34.3 Å². The van der Waals surface area contributed by atoms with Gasteiger partial charge in [-0.05, 0) is 43.7 Å². The van der Waals surface area contributed by atoms with Crippen LogP contribution < -0.4 is 10.2 Å². The Hall–Kier alpha value is -2.97. The van der Waals surface area contributed by atoms with Gasteiger partial charge < -0.3 is 10.2 Å². The number of fused-ring (bicyclic) bond motifs is 1. The van der Waals surface area contributed by atoms with E-state index < -0.39 is 5.82 Å². The number of amides is 1. The van der Waals surface area contributed by atoms with Crippen molar-refractivity contribution in [3.8, 4) is 5.69 Å². The Morgan fingerprint density at radius 2 is 1.97 bits per heavy atom. The quantitative estimate of drug-likeness (QED) is 0.458. The first-order chi connectivity index (χ1) is 14.8. The van der Waals surface area contributed by atoms with Crippen LogP contribution in [0.3, 0.4) is 0 Å². The maximum atomic E-state index is 13.2. The lowest BCUT2D eigenvalue weighted by molar-refractivity contribution is -0.119. The first kappa shape index (κ1) is 21.3. The van der Waals surface area contributed by atoms with Crippen LogP contribution in [0.15, 0.2) is 42.5 Å². The largest absolute Gasteiger partial charge is 0.350 e. The molecule has 0 aliphatic heterocycles. The molecule has 1 N–H and O–H groups in total. The highest BCUT2D eigenvalue weighted by Gasteiger charge is 2.18. The van der Waals surface area contributed by atoms with Crippen LogP contribution in [0.4, 0.5) is 9.52 Å². The van der Waals surface area contributed by atoms with Gasteiger partial charge in [-0.2, -0.15) is 10.1 Å². The van der Waals surface area contributed by atoms with Crippen molar-refractivity contribution in [1.29, 1.82) is 0 Å².